The molecule has 2 aromatic heterocycles. The first-order chi connectivity index (χ1) is 17.7. The van der Waals surface area contributed by atoms with Gasteiger partial charge in [0.2, 0.25) is 17.8 Å². The van der Waals surface area contributed by atoms with Crippen molar-refractivity contribution in [3.8, 4) is 5.95 Å². The molecule has 1 aliphatic heterocycles. The zero-order valence-electron chi connectivity index (χ0n) is 21.5. The lowest BCUT2D eigenvalue weighted by molar-refractivity contribution is 0.122. The maximum absolute atomic E-state index is 14.1. The van der Waals surface area contributed by atoms with E-state index in [1.807, 2.05) is 17.9 Å². The largest absolute Gasteiger partial charge is 0.378 e. The summed E-state index contributed by atoms with van der Waals surface area (Å²) >= 11 is 3.69. The van der Waals surface area contributed by atoms with Crippen LogP contribution < -0.4 is 10.2 Å². The van der Waals surface area contributed by atoms with Crippen molar-refractivity contribution >= 4 is 38.9 Å². The van der Waals surface area contributed by atoms with E-state index in [-0.39, 0.29) is 5.95 Å². The van der Waals surface area contributed by atoms with Gasteiger partial charge in [-0.2, -0.15) is 15.0 Å². The Balaban J connectivity index is 1.80. The van der Waals surface area contributed by atoms with Crippen LogP contribution >= 0.6 is 15.9 Å². The molecule has 0 saturated carbocycles. The van der Waals surface area contributed by atoms with Gasteiger partial charge in [-0.3, -0.25) is 4.57 Å². The molecular formula is C26H32BrF2N7O. The van der Waals surface area contributed by atoms with Crippen LogP contribution in [0.4, 0.5) is 20.7 Å². The highest BCUT2D eigenvalue weighted by Gasteiger charge is 2.27. The minimum atomic E-state index is -2.80. The van der Waals surface area contributed by atoms with Gasteiger partial charge in [0.05, 0.1) is 24.2 Å². The number of fused-ring (bicyclic) bond motifs is 1. The van der Waals surface area contributed by atoms with Crippen molar-refractivity contribution in [2.45, 2.75) is 52.5 Å². The van der Waals surface area contributed by atoms with Gasteiger partial charge < -0.3 is 15.0 Å². The third-order valence-electron chi connectivity index (χ3n) is 6.00. The van der Waals surface area contributed by atoms with E-state index >= 15 is 0 Å². The van der Waals surface area contributed by atoms with Crippen LogP contribution in [-0.4, -0.2) is 56.3 Å². The number of para-hydroxylation sites is 2. The van der Waals surface area contributed by atoms with Gasteiger partial charge in [0, 0.05) is 18.6 Å². The van der Waals surface area contributed by atoms with E-state index in [9.17, 15) is 8.78 Å². The van der Waals surface area contributed by atoms with Gasteiger partial charge in [0.1, 0.15) is 0 Å². The fourth-order valence-corrected chi connectivity index (χ4v) is 4.58. The zero-order valence-corrected chi connectivity index (χ0v) is 23.1. The number of hydrogen-bond donors (Lipinski definition) is 1. The SMILES string of the molecule is C/C=C\C(CC(C)(C)Nc1nc(N2CCOCC2)nc(-n2c(C(F)F)nc3ccccc32)n1)=C(\Br)CC. The second-order valence-electron chi connectivity index (χ2n) is 9.42. The Morgan fingerprint density at radius 3 is 2.51 bits per heavy atom. The molecule has 1 N–H and O–H groups in total. The van der Waals surface area contributed by atoms with Crippen molar-refractivity contribution in [1.82, 2.24) is 24.5 Å². The minimum absolute atomic E-state index is 0.0951. The molecule has 0 radical (unpaired) electrons. The number of aromatic nitrogens is 5. The first-order valence-electron chi connectivity index (χ1n) is 12.4. The Morgan fingerprint density at radius 2 is 1.84 bits per heavy atom. The number of nitrogens with one attached hydrogen (secondary N) is 1. The lowest BCUT2D eigenvalue weighted by Crippen LogP contribution is -2.38. The van der Waals surface area contributed by atoms with Crippen LogP contribution in [0.5, 0.6) is 0 Å². The topological polar surface area (TPSA) is 81.0 Å². The lowest BCUT2D eigenvalue weighted by atomic mass is 9.94. The van der Waals surface area contributed by atoms with Crippen molar-refractivity contribution in [3.63, 3.8) is 0 Å². The maximum atomic E-state index is 14.1. The third kappa shape index (κ3) is 6.32. The minimum Gasteiger partial charge on any atom is -0.378 e. The second-order valence-corrected chi connectivity index (χ2v) is 10.4. The van der Waals surface area contributed by atoms with Crippen molar-refractivity contribution in [1.29, 1.82) is 0 Å². The number of morpholine rings is 1. The number of anilines is 2. The molecule has 0 atom stereocenters. The van der Waals surface area contributed by atoms with Crippen molar-refractivity contribution in [2.75, 3.05) is 36.5 Å². The van der Waals surface area contributed by atoms with Crippen LogP contribution in [0.3, 0.4) is 0 Å². The number of halogens is 3. The molecule has 0 unspecified atom stereocenters. The molecule has 4 rings (SSSR count). The van der Waals surface area contributed by atoms with E-state index < -0.39 is 17.8 Å². The Bertz CT molecular complexity index is 1300. The first kappa shape index (κ1) is 27.1. The monoisotopic (exact) mass is 575 g/mol. The second kappa shape index (κ2) is 11.6. The molecule has 1 fully saturated rings. The summed E-state index contributed by atoms with van der Waals surface area (Å²) in [5, 5.41) is 3.43. The highest BCUT2D eigenvalue weighted by Crippen LogP contribution is 2.30. The summed E-state index contributed by atoms with van der Waals surface area (Å²) in [6, 6.07) is 6.98. The van der Waals surface area contributed by atoms with Gasteiger partial charge in [0.15, 0.2) is 5.82 Å². The quantitative estimate of drug-likeness (QED) is 0.304. The lowest BCUT2D eigenvalue weighted by Gasteiger charge is -2.30. The first-order valence-corrected chi connectivity index (χ1v) is 13.1. The Labute approximate surface area is 224 Å². The summed E-state index contributed by atoms with van der Waals surface area (Å²) in [5.41, 5.74) is 1.66. The molecular weight excluding hydrogens is 544 g/mol. The van der Waals surface area contributed by atoms with E-state index in [2.05, 4.69) is 63.0 Å². The molecule has 0 aliphatic carbocycles. The molecule has 1 aromatic carbocycles. The number of allylic oxidation sites excluding steroid dienone is 3. The number of ether oxygens (including phenoxy) is 1. The highest BCUT2D eigenvalue weighted by atomic mass is 79.9. The molecule has 0 bridgehead atoms. The van der Waals surface area contributed by atoms with Crippen molar-refractivity contribution in [2.24, 2.45) is 0 Å². The van der Waals surface area contributed by atoms with Crippen molar-refractivity contribution in [3.05, 3.63) is 52.3 Å². The van der Waals surface area contributed by atoms with Gasteiger partial charge in [-0.05, 0) is 55.8 Å². The molecule has 3 heterocycles. The number of rotatable bonds is 9. The molecule has 0 amide bonds. The summed E-state index contributed by atoms with van der Waals surface area (Å²) < 4.78 is 36.1. The summed E-state index contributed by atoms with van der Waals surface area (Å²) in [6.45, 7) is 10.5. The van der Waals surface area contributed by atoms with Crippen LogP contribution in [0, 0.1) is 0 Å². The van der Waals surface area contributed by atoms with E-state index in [1.165, 1.54) is 4.57 Å². The van der Waals surface area contributed by atoms with E-state index in [0.29, 0.717) is 55.7 Å². The average Bonchev–Trinajstić information content (AvgIpc) is 3.28. The van der Waals surface area contributed by atoms with E-state index in [1.54, 1.807) is 24.3 Å². The molecule has 0 spiro atoms. The Hall–Kier alpha value is -2.92. The van der Waals surface area contributed by atoms with Gasteiger partial charge in [-0.1, -0.05) is 47.1 Å². The number of hydrogen-bond acceptors (Lipinski definition) is 7. The van der Waals surface area contributed by atoms with Crippen LogP contribution in [-0.2, 0) is 4.74 Å². The molecule has 11 heteroatoms. The average molecular weight is 576 g/mol. The van der Waals surface area contributed by atoms with Gasteiger partial charge >= 0.3 is 0 Å². The third-order valence-corrected chi connectivity index (χ3v) is 7.07. The molecule has 198 valence electrons. The van der Waals surface area contributed by atoms with Crippen LogP contribution in [0.1, 0.15) is 52.8 Å². The molecule has 8 nitrogen and oxygen atoms in total. The molecule has 3 aromatic rings. The Morgan fingerprint density at radius 1 is 1.14 bits per heavy atom. The summed E-state index contributed by atoms with van der Waals surface area (Å²) in [5.74, 6) is 0.402. The maximum Gasteiger partial charge on any atom is 0.296 e. The van der Waals surface area contributed by atoms with Gasteiger partial charge in [0.25, 0.3) is 6.43 Å². The van der Waals surface area contributed by atoms with Crippen LogP contribution in [0.25, 0.3) is 17.0 Å². The van der Waals surface area contributed by atoms with E-state index in [0.717, 1.165) is 16.5 Å². The smallest absolute Gasteiger partial charge is 0.296 e. The van der Waals surface area contributed by atoms with E-state index in [4.69, 9.17) is 9.72 Å². The zero-order chi connectivity index (χ0) is 26.6. The summed E-state index contributed by atoms with van der Waals surface area (Å²) in [4.78, 5) is 20.1. The summed E-state index contributed by atoms with van der Waals surface area (Å²) in [7, 11) is 0. The van der Waals surface area contributed by atoms with Crippen LogP contribution in [0.15, 0.2) is 46.5 Å². The number of benzene rings is 1. The van der Waals surface area contributed by atoms with Gasteiger partial charge in [-0.25, -0.2) is 13.8 Å². The summed E-state index contributed by atoms with van der Waals surface area (Å²) in [6.07, 6.45) is 2.86. The van der Waals surface area contributed by atoms with Gasteiger partial charge in [-0.15, -0.1) is 0 Å². The number of alkyl halides is 2. The highest BCUT2D eigenvalue weighted by molar-refractivity contribution is 9.11. The van der Waals surface area contributed by atoms with Crippen molar-refractivity contribution < 1.29 is 13.5 Å². The molecule has 37 heavy (non-hydrogen) atoms. The fourth-order valence-electron chi connectivity index (χ4n) is 4.31. The Kier molecular flexibility index (Phi) is 8.53. The standard InChI is InChI=1S/C26H32BrF2N7O/c1-5-9-17(18(27)6-2)16-26(3,4)34-23-31-24(35-12-14-37-15-13-35)33-25(32-23)36-20-11-8-7-10-19(20)30-22(36)21(28)29/h5,7-11,21H,6,12-16H2,1-4H3,(H,31,32,33,34)/b9-5-,18-17-. The molecule has 1 saturated heterocycles. The predicted molar refractivity (Wildman–Crippen MR) is 146 cm³/mol. The normalized spacial score (nSPS) is 15.6. The number of nitrogens with zero attached hydrogens (tertiary/aromatic N) is 6. The molecule has 1 aliphatic rings. The van der Waals surface area contributed by atoms with Crippen LogP contribution in [0.2, 0.25) is 0 Å². The number of imidazole rings is 1. The predicted octanol–water partition coefficient (Wildman–Crippen LogP) is 6.20. The fraction of sp³-hybridized carbons (Fsp3) is 0.462.